The molecule has 0 radical (unpaired) electrons. The number of rotatable bonds is 8. The van der Waals surface area contributed by atoms with E-state index in [9.17, 15) is 0 Å². The van der Waals surface area contributed by atoms with E-state index in [0.29, 0.717) is 16.1 Å². The molecule has 0 spiro atoms. The second kappa shape index (κ2) is 9.08. The Morgan fingerprint density at radius 2 is 1.94 bits per heavy atom. The van der Waals surface area contributed by atoms with Crippen molar-refractivity contribution >= 4 is 35.0 Å². The van der Waals surface area contributed by atoms with Crippen molar-refractivity contribution in [3.05, 3.63) is 28.2 Å². The number of hydrogen-bond donors (Lipinski definition) is 1. The maximum Gasteiger partial charge on any atom is 0.0603 e. The molecule has 0 aliphatic rings. The van der Waals surface area contributed by atoms with Crippen molar-refractivity contribution in [2.45, 2.75) is 44.0 Å². The standard InChI is InChI=1S/C14H21Cl2NS/c1-3-5-11(17-8-4-2)10-18-12-6-7-13(15)14(16)9-12/h6-7,9,11,17H,3-5,8,10H2,1-2H3. The van der Waals surface area contributed by atoms with Gasteiger partial charge in [0, 0.05) is 16.7 Å². The highest BCUT2D eigenvalue weighted by Crippen LogP contribution is 2.28. The van der Waals surface area contributed by atoms with Crippen LogP contribution in [0.5, 0.6) is 0 Å². The van der Waals surface area contributed by atoms with Gasteiger partial charge in [0.05, 0.1) is 10.0 Å². The quantitative estimate of drug-likeness (QED) is 0.658. The number of hydrogen-bond acceptors (Lipinski definition) is 2. The SMILES string of the molecule is CCCNC(CCC)CSc1ccc(Cl)c(Cl)c1. The van der Waals surface area contributed by atoms with Crippen LogP contribution in [0.25, 0.3) is 0 Å². The first kappa shape index (κ1) is 16.2. The van der Waals surface area contributed by atoms with E-state index in [4.69, 9.17) is 23.2 Å². The van der Waals surface area contributed by atoms with Gasteiger partial charge in [0.2, 0.25) is 0 Å². The van der Waals surface area contributed by atoms with Crippen LogP contribution in [-0.4, -0.2) is 18.3 Å². The molecule has 0 fully saturated rings. The third-order valence-electron chi connectivity index (χ3n) is 2.66. The van der Waals surface area contributed by atoms with Crippen molar-refractivity contribution in [2.75, 3.05) is 12.3 Å². The van der Waals surface area contributed by atoms with E-state index in [2.05, 4.69) is 19.2 Å². The predicted octanol–water partition coefficient (Wildman–Crippen LogP) is 5.25. The first-order valence-electron chi connectivity index (χ1n) is 6.48. The van der Waals surface area contributed by atoms with Gasteiger partial charge in [0.25, 0.3) is 0 Å². The summed E-state index contributed by atoms with van der Waals surface area (Å²) in [5, 5.41) is 4.84. The molecule has 1 aromatic rings. The molecule has 18 heavy (non-hydrogen) atoms. The van der Waals surface area contributed by atoms with E-state index in [0.717, 1.165) is 12.3 Å². The summed E-state index contributed by atoms with van der Waals surface area (Å²) in [7, 11) is 0. The molecule has 1 atom stereocenters. The summed E-state index contributed by atoms with van der Waals surface area (Å²) in [5.41, 5.74) is 0. The summed E-state index contributed by atoms with van der Waals surface area (Å²) in [6, 6.07) is 6.41. The third kappa shape index (κ3) is 5.83. The maximum absolute atomic E-state index is 6.01. The van der Waals surface area contributed by atoms with E-state index >= 15 is 0 Å². The van der Waals surface area contributed by atoms with Gasteiger partial charge in [-0.2, -0.15) is 0 Å². The van der Waals surface area contributed by atoms with Gasteiger partial charge in [0.15, 0.2) is 0 Å². The van der Waals surface area contributed by atoms with E-state index in [1.165, 1.54) is 24.2 Å². The molecular weight excluding hydrogens is 285 g/mol. The molecule has 0 saturated carbocycles. The van der Waals surface area contributed by atoms with Gasteiger partial charge in [-0.3, -0.25) is 0 Å². The summed E-state index contributed by atoms with van der Waals surface area (Å²) in [6.45, 7) is 5.51. The minimum atomic E-state index is 0.578. The minimum absolute atomic E-state index is 0.578. The monoisotopic (exact) mass is 305 g/mol. The average Bonchev–Trinajstić information content (AvgIpc) is 2.37. The summed E-state index contributed by atoms with van der Waals surface area (Å²) in [6.07, 6.45) is 3.61. The molecule has 4 heteroatoms. The van der Waals surface area contributed by atoms with Crippen molar-refractivity contribution in [3.63, 3.8) is 0 Å². The zero-order chi connectivity index (χ0) is 13.4. The molecule has 0 heterocycles. The second-order valence-electron chi connectivity index (χ2n) is 4.33. The fourth-order valence-electron chi connectivity index (χ4n) is 1.70. The predicted molar refractivity (Wildman–Crippen MR) is 84.2 cm³/mol. The van der Waals surface area contributed by atoms with Crippen LogP contribution in [-0.2, 0) is 0 Å². The van der Waals surface area contributed by atoms with Gasteiger partial charge in [-0.05, 0) is 37.6 Å². The lowest BCUT2D eigenvalue weighted by Crippen LogP contribution is -2.31. The van der Waals surface area contributed by atoms with Crippen LogP contribution in [0.3, 0.4) is 0 Å². The fraction of sp³-hybridized carbons (Fsp3) is 0.571. The molecule has 1 nitrogen and oxygen atoms in total. The number of benzene rings is 1. The van der Waals surface area contributed by atoms with Gasteiger partial charge in [-0.1, -0.05) is 43.5 Å². The number of thioether (sulfide) groups is 1. The Morgan fingerprint density at radius 3 is 2.56 bits per heavy atom. The maximum atomic E-state index is 6.01. The first-order chi connectivity index (χ1) is 8.67. The van der Waals surface area contributed by atoms with Gasteiger partial charge in [-0.25, -0.2) is 0 Å². The van der Waals surface area contributed by atoms with Crippen LogP contribution in [0, 0.1) is 0 Å². The van der Waals surface area contributed by atoms with Crippen LogP contribution in [0.15, 0.2) is 23.1 Å². The van der Waals surface area contributed by atoms with Crippen molar-refractivity contribution < 1.29 is 0 Å². The van der Waals surface area contributed by atoms with Crippen molar-refractivity contribution in [1.82, 2.24) is 5.32 Å². The van der Waals surface area contributed by atoms with Gasteiger partial charge >= 0.3 is 0 Å². The highest BCUT2D eigenvalue weighted by atomic mass is 35.5. The van der Waals surface area contributed by atoms with Crippen LogP contribution >= 0.6 is 35.0 Å². The summed E-state index contributed by atoms with van der Waals surface area (Å²) in [5.74, 6) is 1.08. The Labute approximate surface area is 125 Å². The van der Waals surface area contributed by atoms with E-state index < -0.39 is 0 Å². The topological polar surface area (TPSA) is 12.0 Å². The molecule has 0 bridgehead atoms. The summed E-state index contributed by atoms with van der Waals surface area (Å²) in [4.78, 5) is 1.18. The van der Waals surface area contributed by atoms with Gasteiger partial charge < -0.3 is 5.32 Å². The molecule has 1 N–H and O–H groups in total. The molecule has 1 rings (SSSR count). The Balaban J connectivity index is 2.47. The Bertz CT molecular complexity index is 358. The third-order valence-corrected chi connectivity index (χ3v) is 4.56. The lowest BCUT2D eigenvalue weighted by molar-refractivity contribution is 0.514. The van der Waals surface area contributed by atoms with Crippen LogP contribution in [0.2, 0.25) is 10.0 Å². The Morgan fingerprint density at radius 1 is 1.17 bits per heavy atom. The van der Waals surface area contributed by atoms with E-state index in [1.54, 1.807) is 0 Å². The zero-order valence-electron chi connectivity index (χ0n) is 11.0. The smallest absolute Gasteiger partial charge is 0.0603 e. The van der Waals surface area contributed by atoms with Crippen molar-refractivity contribution in [1.29, 1.82) is 0 Å². The van der Waals surface area contributed by atoms with E-state index in [1.807, 2.05) is 30.0 Å². The molecule has 0 aromatic heterocycles. The largest absolute Gasteiger partial charge is 0.313 e. The molecule has 0 aliphatic heterocycles. The number of nitrogens with one attached hydrogen (secondary N) is 1. The average molecular weight is 306 g/mol. The van der Waals surface area contributed by atoms with Crippen molar-refractivity contribution in [3.8, 4) is 0 Å². The first-order valence-corrected chi connectivity index (χ1v) is 8.22. The lowest BCUT2D eigenvalue weighted by atomic mass is 10.2. The fourth-order valence-corrected chi connectivity index (χ4v) is 3.11. The van der Waals surface area contributed by atoms with Crippen LogP contribution in [0.4, 0.5) is 0 Å². The summed E-state index contributed by atoms with van der Waals surface area (Å²) >= 11 is 13.8. The van der Waals surface area contributed by atoms with Crippen molar-refractivity contribution in [2.24, 2.45) is 0 Å². The highest BCUT2D eigenvalue weighted by Gasteiger charge is 2.08. The molecular formula is C14H21Cl2NS. The van der Waals surface area contributed by atoms with Gasteiger partial charge in [-0.15, -0.1) is 11.8 Å². The Hall–Kier alpha value is 0.110. The molecule has 0 saturated heterocycles. The van der Waals surface area contributed by atoms with E-state index in [-0.39, 0.29) is 0 Å². The molecule has 0 aliphatic carbocycles. The minimum Gasteiger partial charge on any atom is -0.313 e. The molecule has 102 valence electrons. The number of halogens is 2. The normalized spacial score (nSPS) is 12.7. The Kier molecular flexibility index (Phi) is 8.16. The van der Waals surface area contributed by atoms with Crippen LogP contribution < -0.4 is 5.32 Å². The summed E-state index contributed by atoms with van der Waals surface area (Å²) < 4.78 is 0. The second-order valence-corrected chi connectivity index (χ2v) is 6.23. The zero-order valence-corrected chi connectivity index (χ0v) is 13.3. The molecule has 1 aromatic carbocycles. The molecule has 0 amide bonds. The van der Waals surface area contributed by atoms with Gasteiger partial charge in [0.1, 0.15) is 0 Å². The van der Waals surface area contributed by atoms with Crippen LogP contribution in [0.1, 0.15) is 33.1 Å². The highest BCUT2D eigenvalue weighted by molar-refractivity contribution is 7.99. The lowest BCUT2D eigenvalue weighted by Gasteiger charge is -2.17. The molecule has 1 unspecified atom stereocenters.